The third kappa shape index (κ3) is 9.02. The number of carbonyl (C=O) groups is 4. The smallest absolute Gasteiger partial charge is 0.326 e. The molecule has 0 bridgehead atoms. The van der Waals surface area contributed by atoms with Crippen LogP contribution in [0.3, 0.4) is 0 Å². The topological polar surface area (TPSA) is 179 Å². The first kappa shape index (κ1) is 29.5. The van der Waals surface area contributed by atoms with Crippen molar-refractivity contribution in [3.63, 3.8) is 0 Å². The zero-order chi connectivity index (χ0) is 27.5. The Morgan fingerprint density at radius 2 is 1.59 bits per heavy atom. The lowest BCUT2D eigenvalue weighted by atomic mass is 9.97. The fraction of sp³-hybridized carbons (Fsp3) is 0.500. The Balaban J connectivity index is 2.19. The molecule has 0 saturated heterocycles. The lowest BCUT2D eigenvalue weighted by molar-refractivity contribution is -0.144. The Bertz CT molecular complexity index is 1030. The molecular formula is C26H38N6O5. The van der Waals surface area contributed by atoms with Crippen LogP contribution in [0.15, 0.2) is 42.9 Å². The number of aromatic nitrogens is 2. The molecule has 0 saturated carbocycles. The van der Waals surface area contributed by atoms with E-state index >= 15 is 0 Å². The van der Waals surface area contributed by atoms with E-state index in [4.69, 9.17) is 5.73 Å². The van der Waals surface area contributed by atoms with E-state index < -0.39 is 47.9 Å². The molecule has 202 valence electrons. The third-order valence-electron chi connectivity index (χ3n) is 6.27. The molecule has 1 aromatic carbocycles. The Morgan fingerprint density at radius 1 is 0.946 bits per heavy atom. The first-order chi connectivity index (χ1) is 17.5. The van der Waals surface area contributed by atoms with E-state index in [1.54, 1.807) is 27.0 Å². The fourth-order valence-corrected chi connectivity index (χ4v) is 3.78. The van der Waals surface area contributed by atoms with E-state index in [0.717, 1.165) is 5.56 Å². The maximum atomic E-state index is 13.4. The Kier molecular flexibility index (Phi) is 11.3. The van der Waals surface area contributed by atoms with Crippen LogP contribution in [0.1, 0.15) is 45.4 Å². The predicted molar refractivity (Wildman–Crippen MR) is 138 cm³/mol. The number of hydrogen-bond acceptors (Lipinski definition) is 6. The van der Waals surface area contributed by atoms with Crippen LogP contribution in [-0.2, 0) is 32.0 Å². The average Bonchev–Trinajstić information content (AvgIpc) is 3.37. The van der Waals surface area contributed by atoms with Crippen molar-refractivity contribution in [3.05, 3.63) is 54.1 Å². The molecule has 0 aliphatic rings. The Morgan fingerprint density at radius 3 is 2.14 bits per heavy atom. The predicted octanol–water partition coefficient (Wildman–Crippen LogP) is 0.763. The van der Waals surface area contributed by atoms with Crippen LogP contribution in [0.25, 0.3) is 0 Å². The number of rotatable bonds is 14. The molecule has 37 heavy (non-hydrogen) atoms. The summed E-state index contributed by atoms with van der Waals surface area (Å²) >= 11 is 0. The monoisotopic (exact) mass is 514 g/mol. The number of carbonyl (C=O) groups excluding carboxylic acids is 3. The summed E-state index contributed by atoms with van der Waals surface area (Å²) < 4.78 is 0. The molecular weight excluding hydrogens is 476 g/mol. The number of amides is 3. The maximum Gasteiger partial charge on any atom is 0.326 e. The van der Waals surface area contributed by atoms with Crippen molar-refractivity contribution in [2.45, 2.75) is 71.1 Å². The maximum absolute atomic E-state index is 13.4. The van der Waals surface area contributed by atoms with Gasteiger partial charge in [-0.25, -0.2) is 9.78 Å². The van der Waals surface area contributed by atoms with E-state index in [1.165, 1.54) is 6.33 Å². The van der Waals surface area contributed by atoms with Gasteiger partial charge in [0.1, 0.15) is 18.1 Å². The summed E-state index contributed by atoms with van der Waals surface area (Å²) in [4.78, 5) is 57.8. The fourth-order valence-electron chi connectivity index (χ4n) is 3.78. The molecule has 2 aromatic rings. The van der Waals surface area contributed by atoms with E-state index in [2.05, 4.69) is 25.9 Å². The highest BCUT2D eigenvalue weighted by Crippen LogP contribution is 2.11. The number of nitrogens with one attached hydrogen (secondary N) is 4. The lowest BCUT2D eigenvalue weighted by Gasteiger charge is -2.28. The molecule has 5 unspecified atom stereocenters. The van der Waals surface area contributed by atoms with Gasteiger partial charge in [0.15, 0.2) is 0 Å². The minimum atomic E-state index is -1.14. The van der Waals surface area contributed by atoms with Crippen molar-refractivity contribution in [2.75, 3.05) is 0 Å². The van der Waals surface area contributed by atoms with Gasteiger partial charge in [0.05, 0.1) is 12.4 Å². The summed E-state index contributed by atoms with van der Waals surface area (Å²) in [6.07, 6.45) is 3.98. The number of carboxylic acid groups (broad SMARTS) is 1. The molecule has 11 nitrogen and oxygen atoms in total. The Hall–Kier alpha value is -3.73. The summed E-state index contributed by atoms with van der Waals surface area (Å²) in [5, 5.41) is 17.5. The van der Waals surface area contributed by atoms with Crippen LogP contribution in [-0.4, -0.2) is 62.9 Å². The second-order valence-corrected chi connectivity index (χ2v) is 9.58. The van der Waals surface area contributed by atoms with Crippen LogP contribution in [0.2, 0.25) is 0 Å². The normalized spacial score (nSPS) is 15.2. The molecule has 1 heterocycles. The molecule has 11 heteroatoms. The molecule has 2 rings (SSSR count). The van der Waals surface area contributed by atoms with Gasteiger partial charge in [-0.3, -0.25) is 14.4 Å². The van der Waals surface area contributed by atoms with Crippen LogP contribution in [0.5, 0.6) is 0 Å². The van der Waals surface area contributed by atoms with Gasteiger partial charge in [-0.2, -0.15) is 0 Å². The second kappa shape index (κ2) is 14.1. The molecule has 7 N–H and O–H groups in total. The van der Waals surface area contributed by atoms with Gasteiger partial charge in [-0.15, -0.1) is 0 Å². The van der Waals surface area contributed by atoms with Crippen molar-refractivity contribution in [2.24, 2.45) is 17.6 Å². The average molecular weight is 515 g/mol. The zero-order valence-corrected chi connectivity index (χ0v) is 21.7. The summed E-state index contributed by atoms with van der Waals surface area (Å²) in [6.45, 7) is 7.06. The van der Waals surface area contributed by atoms with Crippen molar-refractivity contribution in [3.8, 4) is 0 Å². The summed E-state index contributed by atoms with van der Waals surface area (Å²) in [5.74, 6) is -3.49. The molecule has 5 atom stereocenters. The largest absolute Gasteiger partial charge is 0.480 e. The summed E-state index contributed by atoms with van der Waals surface area (Å²) in [5.41, 5.74) is 7.54. The molecule has 0 fully saturated rings. The molecule has 1 aromatic heterocycles. The number of aromatic amines is 1. The Labute approximate surface area is 217 Å². The lowest BCUT2D eigenvalue weighted by Crippen LogP contribution is -2.59. The number of hydrogen-bond donors (Lipinski definition) is 6. The van der Waals surface area contributed by atoms with Crippen LogP contribution in [0, 0.1) is 11.8 Å². The minimum Gasteiger partial charge on any atom is -0.480 e. The van der Waals surface area contributed by atoms with Gasteiger partial charge in [0.2, 0.25) is 17.7 Å². The highest BCUT2D eigenvalue weighted by atomic mass is 16.4. The third-order valence-corrected chi connectivity index (χ3v) is 6.27. The highest BCUT2D eigenvalue weighted by Gasteiger charge is 2.33. The number of nitrogens with two attached hydrogens (primary N) is 1. The van der Waals surface area contributed by atoms with Gasteiger partial charge in [-0.05, 0) is 17.4 Å². The number of nitrogens with zero attached hydrogens (tertiary/aromatic N) is 1. The van der Waals surface area contributed by atoms with E-state index in [0.29, 0.717) is 12.1 Å². The molecule has 3 amide bonds. The van der Waals surface area contributed by atoms with E-state index in [9.17, 15) is 24.3 Å². The van der Waals surface area contributed by atoms with Gasteiger partial charge >= 0.3 is 5.97 Å². The highest BCUT2D eigenvalue weighted by molar-refractivity contribution is 5.94. The number of imidazole rings is 1. The SMILES string of the molecule is CCC(C)C(NC(=O)C(NC(=O)C(Cc1ccccc1)NC(=O)C(N)Cc1cnc[nH]1)C(C)C)C(=O)O. The van der Waals surface area contributed by atoms with Crippen LogP contribution < -0.4 is 21.7 Å². The van der Waals surface area contributed by atoms with Crippen LogP contribution in [0.4, 0.5) is 0 Å². The van der Waals surface area contributed by atoms with E-state index in [-0.39, 0.29) is 24.7 Å². The standard InChI is InChI=1S/C26H38N6O5/c1-5-16(4)22(26(36)37)32-25(35)21(15(2)3)31-24(34)20(11-17-9-7-6-8-10-17)30-23(33)19(27)12-18-13-28-14-29-18/h6-10,13-16,19-22H,5,11-12,27H2,1-4H3,(H,28,29)(H,30,33)(H,31,34)(H,32,35)(H,36,37). The number of aliphatic carboxylic acids is 1. The van der Waals surface area contributed by atoms with Gasteiger partial charge < -0.3 is 31.8 Å². The van der Waals surface area contributed by atoms with Gasteiger partial charge in [0, 0.05) is 24.7 Å². The van der Waals surface area contributed by atoms with Gasteiger partial charge in [-0.1, -0.05) is 64.4 Å². The first-order valence-electron chi connectivity index (χ1n) is 12.4. The van der Waals surface area contributed by atoms with Crippen LogP contribution >= 0.6 is 0 Å². The van der Waals surface area contributed by atoms with Crippen molar-refractivity contribution in [1.82, 2.24) is 25.9 Å². The number of carboxylic acids is 1. The van der Waals surface area contributed by atoms with Gasteiger partial charge in [0.25, 0.3) is 0 Å². The summed E-state index contributed by atoms with van der Waals surface area (Å²) in [7, 11) is 0. The summed E-state index contributed by atoms with van der Waals surface area (Å²) in [6, 6.07) is 5.10. The van der Waals surface area contributed by atoms with Crippen molar-refractivity contribution in [1.29, 1.82) is 0 Å². The second-order valence-electron chi connectivity index (χ2n) is 9.58. The van der Waals surface area contributed by atoms with E-state index in [1.807, 2.05) is 37.3 Å². The van der Waals surface area contributed by atoms with Crippen molar-refractivity contribution < 1.29 is 24.3 Å². The quantitative estimate of drug-likeness (QED) is 0.215. The number of H-pyrrole nitrogens is 1. The molecule has 0 aliphatic heterocycles. The zero-order valence-electron chi connectivity index (χ0n) is 21.7. The molecule has 0 radical (unpaired) electrons. The molecule has 0 aliphatic carbocycles. The number of benzene rings is 1. The minimum absolute atomic E-state index is 0.173. The molecule has 0 spiro atoms. The van der Waals surface area contributed by atoms with Crippen molar-refractivity contribution >= 4 is 23.7 Å². The first-order valence-corrected chi connectivity index (χ1v) is 12.4.